The van der Waals surface area contributed by atoms with Crippen molar-refractivity contribution in [2.45, 2.75) is 38.6 Å². The van der Waals surface area contributed by atoms with Crippen LogP contribution in [0.5, 0.6) is 0 Å². The number of carbonyl (C=O) groups excluding carboxylic acids is 2. The van der Waals surface area contributed by atoms with E-state index in [2.05, 4.69) is 30.6 Å². The number of anilines is 2. The molecule has 3 heterocycles. The third kappa shape index (κ3) is 6.12. The van der Waals surface area contributed by atoms with E-state index < -0.39 is 18.9 Å². The number of carbonyl (C=O) groups is 2. The van der Waals surface area contributed by atoms with Crippen molar-refractivity contribution in [3.8, 4) is 0 Å². The minimum atomic E-state index is -0.663. The number of alkyl halides is 1. The van der Waals surface area contributed by atoms with Gasteiger partial charge < -0.3 is 20.7 Å². The van der Waals surface area contributed by atoms with Crippen LogP contribution in [0.1, 0.15) is 30.9 Å². The van der Waals surface area contributed by atoms with Gasteiger partial charge in [0, 0.05) is 54.9 Å². The molecule has 12 heteroatoms. The number of rotatable bonds is 8. The van der Waals surface area contributed by atoms with Crippen molar-refractivity contribution in [2.75, 3.05) is 36.0 Å². The number of amides is 2. The van der Waals surface area contributed by atoms with Gasteiger partial charge in [0.15, 0.2) is 5.84 Å². The highest BCUT2D eigenvalue weighted by Crippen LogP contribution is 2.31. The molecule has 1 aromatic carbocycles. The molecule has 0 aliphatic carbocycles. The third-order valence-electron chi connectivity index (χ3n) is 6.10. The second-order valence-electron chi connectivity index (χ2n) is 8.65. The smallest absolute Gasteiger partial charge is 0.414 e. The van der Waals surface area contributed by atoms with Crippen LogP contribution in [0.4, 0.5) is 20.6 Å². The highest BCUT2D eigenvalue weighted by Gasteiger charge is 2.33. The molecule has 2 aliphatic heterocycles. The van der Waals surface area contributed by atoms with E-state index in [1.807, 2.05) is 6.07 Å². The molecule has 1 atom stereocenters. The second-order valence-corrected chi connectivity index (χ2v) is 8.65. The van der Waals surface area contributed by atoms with Gasteiger partial charge in [-0.2, -0.15) is 5.11 Å². The van der Waals surface area contributed by atoms with E-state index in [9.17, 15) is 14.0 Å². The predicted molar refractivity (Wildman–Crippen MR) is 133 cm³/mol. The first kappa shape index (κ1) is 25.0. The van der Waals surface area contributed by atoms with Crippen molar-refractivity contribution in [1.29, 1.82) is 0 Å². The van der Waals surface area contributed by atoms with Gasteiger partial charge in [-0.05, 0) is 48.4 Å². The summed E-state index contributed by atoms with van der Waals surface area (Å²) in [5.74, 6) is 0.0562. The van der Waals surface area contributed by atoms with Gasteiger partial charge in [-0.15, -0.1) is 5.10 Å². The lowest BCUT2D eigenvalue weighted by Gasteiger charge is -2.33. The summed E-state index contributed by atoms with van der Waals surface area (Å²) in [6.45, 7) is 2.63. The minimum absolute atomic E-state index is 0.000265. The number of pyridine rings is 1. The molecule has 36 heavy (non-hydrogen) atoms. The first-order valence-corrected chi connectivity index (χ1v) is 11.7. The fourth-order valence-corrected chi connectivity index (χ4v) is 4.19. The van der Waals surface area contributed by atoms with Crippen LogP contribution in [0.3, 0.4) is 0 Å². The Balaban J connectivity index is 1.35. The number of nitrogens with zero attached hydrogens (tertiary/aromatic N) is 6. The molecular weight excluding hydrogens is 467 g/mol. The molecule has 190 valence electrons. The molecule has 11 nitrogen and oxygen atoms in total. The molecule has 0 radical (unpaired) electrons. The number of amidine groups is 1. The Bertz CT molecular complexity index is 1140. The van der Waals surface area contributed by atoms with Crippen LogP contribution < -0.4 is 20.9 Å². The zero-order valence-electron chi connectivity index (χ0n) is 20.0. The first-order chi connectivity index (χ1) is 17.4. The standard InChI is InChI=1S/C24H29FN8O3/c1-16(34)28-14-21-15-33(24(35)36-21)20-4-5-22(18(11-20)12-25)32-9-6-19(7-10-32)29-31-30-23(26)17-3-2-8-27-13-17/h2-5,8,11,13,19,21H,6-7,9-10,12,14-15H2,1H3,(H,28,34)(H2,26,29,30). The van der Waals surface area contributed by atoms with Gasteiger partial charge in [0.1, 0.15) is 12.8 Å². The van der Waals surface area contributed by atoms with Gasteiger partial charge in [0.2, 0.25) is 5.91 Å². The van der Waals surface area contributed by atoms with E-state index in [0.717, 1.165) is 18.5 Å². The molecule has 2 fully saturated rings. The lowest BCUT2D eigenvalue weighted by molar-refractivity contribution is -0.119. The van der Waals surface area contributed by atoms with Gasteiger partial charge in [0.05, 0.1) is 19.1 Å². The van der Waals surface area contributed by atoms with E-state index in [4.69, 9.17) is 10.5 Å². The molecule has 3 N–H and O–H groups in total. The lowest BCUT2D eigenvalue weighted by Crippen LogP contribution is -2.36. The zero-order chi connectivity index (χ0) is 25.5. The van der Waals surface area contributed by atoms with E-state index >= 15 is 0 Å². The van der Waals surface area contributed by atoms with Crippen LogP contribution in [0.2, 0.25) is 0 Å². The number of benzene rings is 1. The fourth-order valence-electron chi connectivity index (χ4n) is 4.19. The molecule has 2 amide bonds. The summed E-state index contributed by atoms with van der Waals surface area (Å²) in [5.41, 5.74) is 8.44. The number of hydrogen-bond acceptors (Lipinski definition) is 7. The van der Waals surface area contributed by atoms with Crippen LogP contribution >= 0.6 is 0 Å². The summed E-state index contributed by atoms with van der Waals surface area (Å²) in [5, 5.41) is 14.8. The van der Waals surface area contributed by atoms with Crippen molar-refractivity contribution < 1.29 is 18.7 Å². The highest BCUT2D eigenvalue weighted by atomic mass is 19.1. The van der Waals surface area contributed by atoms with Crippen LogP contribution in [0, 0.1) is 0 Å². The summed E-state index contributed by atoms with van der Waals surface area (Å²) >= 11 is 0. The zero-order valence-corrected chi connectivity index (χ0v) is 20.0. The molecule has 0 spiro atoms. The summed E-state index contributed by atoms with van der Waals surface area (Å²) in [4.78, 5) is 31.0. The lowest BCUT2D eigenvalue weighted by atomic mass is 10.0. The summed E-state index contributed by atoms with van der Waals surface area (Å²) in [7, 11) is 0. The van der Waals surface area contributed by atoms with Crippen molar-refractivity contribution in [3.63, 3.8) is 0 Å². The number of ether oxygens (including phenoxy) is 1. The molecule has 2 aromatic rings. The van der Waals surface area contributed by atoms with E-state index in [-0.39, 0.29) is 30.9 Å². The maximum absolute atomic E-state index is 14.0. The normalized spacial score (nSPS) is 19.1. The molecule has 4 rings (SSSR count). The number of cyclic esters (lactones) is 1. The highest BCUT2D eigenvalue weighted by molar-refractivity contribution is 5.96. The minimum Gasteiger partial charge on any atom is -0.442 e. The summed E-state index contributed by atoms with van der Waals surface area (Å²) < 4.78 is 19.3. The number of piperidine rings is 1. The first-order valence-electron chi connectivity index (χ1n) is 11.7. The van der Waals surface area contributed by atoms with E-state index in [1.54, 1.807) is 36.7 Å². The van der Waals surface area contributed by atoms with Crippen molar-refractivity contribution in [3.05, 3.63) is 53.9 Å². The van der Waals surface area contributed by atoms with Crippen LogP contribution in [-0.2, 0) is 16.2 Å². The molecule has 2 aliphatic rings. The Hall–Kier alpha value is -4.09. The molecular formula is C24H29FN8O3. The maximum atomic E-state index is 14.0. The van der Waals surface area contributed by atoms with Gasteiger partial charge in [-0.3, -0.25) is 14.7 Å². The number of nitrogens with one attached hydrogen (secondary N) is 1. The molecule has 0 saturated carbocycles. The van der Waals surface area contributed by atoms with Gasteiger partial charge in [-0.25, -0.2) is 9.18 Å². The molecule has 2 saturated heterocycles. The van der Waals surface area contributed by atoms with E-state index in [1.165, 1.54) is 11.8 Å². The predicted octanol–water partition coefficient (Wildman–Crippen LogP) is 2.75. The Morgan fingerprint density at radius 3 is 2.81 bits per heavy atom. The average molecular weight is 497 g/mol. The van der Waals surface area contributed by atoms with Crippen molar-refractivity contribution in [2.24, 2.45) is 21.2 Å². The average Bonchev–Trinajstić information content (AvgIpc) is 3.28. The summed E-state index contributed by atoms with van der Waals surface area (Å²) in [6, 6.07) is 8.87. The molecule has 1 unspecified atom stereocenters. The summed E-state index contributed by atoms with van der Waals surface area (Å²) in [6.07, 6.45) is 3.77. The van der Waals surface area contributed by atoms with Gasteiger partial charge in [-0.1, -0.05) is 0 Å². The van der Waals surface area contributed by atoms with Crippen LogP contribution in [0.25, 0.3) is 0 Å². The Labute approximate surface area is 208 Å². The Morgan fingerprint density at radius 1 is 1.31 bits per heavy atom. The van der Waals surface area contributed by atoms with Crippen LogP contribution in [-0.4, -0.2) is 61.1 Å². The van der Waals surface area contributed by atoms with Crippen molar-refractivity contribution in [1.82, 2.24) is 10.3 Å². The monoisotopic (exact) mass is 496 g/mol. The Morgan fingerprint density at radius 2 is 2.11 bits per heavy atom. The number of halogens is 1. The van der Waals surface area contributed by atoms with Gasteiger partial charge in [0.25, 0.3) is 0 Å². The van der Waals surface area contributed by atoms with E-state index in [0.29, 0.717) is 29.9 Å². The number of aromatic nitrogens is 1. The van der Waals surface area contributed by atoms with Gasteiger partial charge >= 0.3 is 6.09 Å². The Kier molecular flexibility index (Phi) is 8.03. The third-order valence-corrected chi connectivity index (χ3v) is 6.10. The topological polar surface area (TPSA) is 138 Å². The van der Waals surface area contributed by atoms with Crippen LogP contribution in [0.15, 0.2) is 58.2 Å². The maximum Gasteiger partial charge on any atom is 0.414 e. The quantitative estimate of drug-likeness (QED) is 0.249. The second kappa shape index (κ2) is 11.6. The SMILES string of the molecule is CC(=O)NCC1CN(c2ccc(N3CCC(N=N/N=C(\N)c4cccnc4)CC3)c(CF)c2)C(=O)O1. The number of hydrogen-bond donors (Lipinski definition) is 2. The fraction of sp³-hybridized carbons (Fsp3) is 0.417. The largest absolute Gasteiger partial charge is 0.442 e. The van der Waals surface area contributed by atoms with Crippen molar-refractivity contribution >= 4 is 29.2 Å². The number of nitrogens with two attached hydrogens (primary N) is 1. The molecule has 1 aromatic heterocycles. The molecule has 0 bridgehead atoms.